The number of nitrogens with zero attached hydrogens (tertiary/aromatic N) is 1. The van der Waals surface area contributed by atoms with Gasteiger partial charge in [-0.1, -0.05) is 48.5 Å². The molecular weight excluding hydrogens is 402 g/mol. The molecule has 4 rings (SSSR count). The zero-order valence-electron chi connectivity index (χ0n) is 18.0. The third kappa shape index (κ3) is 4.49. The Kier molecular flexibility index (Phi) is 6.22. The summed E-state index contributed by atoms with van der Waals surface area (Å²) in [5.41, 5.74) is 3.26. The molecule has 0 aliphatic heterocycles. The lowest BCUT2D eigenvalue weighted by Crippen LogP contribution is -2.39. The summed E-state index contributed by atoms with van der Waals surface area (Å²) < 4.78 is 5.17. The number of methoxy groups -OCH3 is 1. The molecule has 0 aliphatic rings. The highest BCUT2D eigenvalue weighted by atomic mass is 16.5. The van der Waals surface area contributed by atoms with Gasteiger partial charge in [-0.3, -0.25) is 9.59 Å². The van der Waals surface area contributed by atoms with Crippen molar-refractivity contribution in [2.45, 2.75) is 12.5 Å². The van der Waals surface area contributed by atoms with Gasteiger partial charge in [-0.25, -0.2) is 0 Å². The highest BCUT2D eigenvalue weighted by molar-refractivity contribution is 5.98. The maximum atomic E-state index is 13.3. The minimum absolute atomic E-state index is 0.145. The lowest BCUT2D eigenvalue weighted by Gasteiger charge is -2.28. The lowest BCUT2D eigenvalue weighted by molar-refractivity contribution is -0.136. The number of likely N-dealkylation sites (N-methyl/N-ethyl adjacent to an activating group) is 1. The molecule has 32 heavy (non-hydrogen) atoms. The van der Waals surface area contributed by atoms with Gasteiger partial charge < -0.3 is 19.9 Å². The Labute approximate surface area is 186 Å². The van der Waals surface area contributed by atoms with Crippen molar-refractivity contribution >= 4 is 28.4 Å². The van der Waals surface area contributed by atoms with Gasteiger partial charge in [0.15, 0.2) is 0 Å². The van der Waals surface area contributed by atoms with Crippen molar-refractivity contribution in [2.75, 3.05) is 19.5 Å². The first-order valence-electron chi connectivity index (χ1n) is 10.4. The Balaban J connectivity index is 1.57. The maximum absolute atomic E-state index is 13.3. The number of hydrogen-bond acceptors (Lipinski definition) is 3. The second-order valence-electron chi connectivity index (χ2n) is 7.57. The smallest absolute Gasteiger partial charge is 0.251 e. The van der Waals surface area contributed by atoms with Gasteiger partial charge in [-0.15, -0.1) is 0 Å². The summed E-state index contributed by atoms with van der Waals surface area (Å²) in [5, 5.41) is 3.93. The number of H-pyrrole nitrogens is 1. The first kappa shape index (κ1) is 21.2. The van der Waals surface area contributed by atoms with Gasteiger partial charge in [0.2, 0.25) is 5.91 Å². The van der Waals surface area contributed by atoms with E-state index in [0.29, 0.717) is 11.4 Å². The van der Waals surface area contributed by atoms with Crippen molar-refractivity contribution in [3.63, 3.8) is 0 Å². The normalized spacial score (nSPS) is 11.7. The van der Waals surface area contributed by atoms with Crippen LogP contribution in [0.25, 0.3) is 10.9 Å². The average molecular weight is 428 g/mol. The number of carbonyl (C=O) groups is 2. The van der Waals surface area contributed by atoms with E-state index in [1.807, 2.05) is 60.8 Å². The van der Waals surface area contributed by atoms with Gasteiger partial charge in [0.1, 0.15) is 11.8 Å². The SMILES string of the molecule is COc1ccc(NC(=O)[C@H](c2ccccc2)N(C)C(=O)Cc2c[nH]c3ccccc23)cc1. The van der Waals surface area contributed by atoms with Gasteiger partial charge in [0, 0.05) is 29.8 Å². The number of rotatable bonds is 7. The fourth-order valence-corrected chi connectivity index (χ4v) is 3.78. The molecule has 4 aromatic rings. The second-order valence-corrected chi connectivity index (χ2v) is 7.57. The number of para-hydroxylation sites is 1. The van der Waals surface area contributed by atoms with Crippen molar-refractivity contribution in [3.05, 3.63) is 96.2 Å². The minimum Gasteiger partial charge on any atom is -0.497 e. The molecule has 0 saturated carbocycles. The van der Waals surface area contributed by atoms with E-state index in [4.69, 9.17) is 4.74 Å². The number of benzene rings is 3. The molecule has 1 aromatic heterocycles. The van der Waals surface area contributed by atoms with Crippen molar-refractivity contribution in [3.8, 4) is 5.75 Å². The van der Waals surface area contributed by atoms with E-state index in [1.165, 1.54) is 4.90 Å². The standard InChI is InChI=1S/C26H25N3O3/c1-29(24(30)16-19-17-27-23-11-7-6-10-22(19)23)25(18-8-4-3-5-9-18)26(31)28-20-12-14-21(32-2)15-13-20/h3-15,17,25,27H,16H2,1-2H3,(H,28,31)/t25-/m0/s1. The van der Waals surface area contributed by atoms with Gasteiger partial charge >= 0.3 is 0 Å². The largest absolute Gasteiger partial charge is 0.497 e. The van der Waals surface area contributed by atoms with Gasteiger partial charge in [0.25, 0.3) is 5.91 Å². The number of nitrogens with one attached hydrogen (secondary N) is 2. The summed E-state index contributed by atoms with van der Waals surface area (Å²) in [6.07, 6.45) is 2.05. The number of fused-ring (bicyclic) bond motifs is 1. The molecular formula is C26H25N3O3. The first-order chi connectivity index (χ1) is 15.6. The summed E-state index contributed by atoms with van der Waals surface area (Å²) in [5.74, 6) is 0.276. The van der Waals surface area contributed by atoms with Gasteiger partial charge in [-0.05, 0) is 41.5 Å². The molecule has 6 nitrogen and oxygen atoms in total. The van der Waals surface area contributed by atoms with Gasteiger partial charge in [0.05, 0.1) is 13.5 Å². The van der Waals surface area contributed by atoms with Gasteiger partial charge in [-0.2, -0.15) is 0 Å². The number of ether oxygens (including phenoxy) is 1. The molecule has 0 spiro atoms. The van der Waals surface area contributed by atoms with Crippen LogP contribution in [0.5, 0.6) is 5.75 Å². The Bertz CT molecular complexity index is 1220. The molecule has 3 aromatic carbocycles. The number of hydrogen-bond donors (Lipinski definition) is 2. The fraction of sp³-hybridized carbons (Fsp3) is 0.154. The zero-order valence-corrected chi connectivity index (χ0v) is 18.0. The molecule has 1 heterocycles. The average Bonchev–Trinajstić information content (AvgIpc) is 3.23. The van der Waals surface area contributed by atoms with Crippen LogP contribution in [0.3, 0.4) is 0 Å². The third-order valence-corrected chi connectivity index (χ3v) is 5.52. The van der Waals surface area contributed by atoms with Crippen LogP contribution in [-0.2, 0) is 16.0 Å². The summed E-state index contributed by atoms with van der Waals surface area (Å²) in [4.78, 5) is 31.2. The quantitative estimate of drug-likeness (QED) is 0.454. The first-order valence-corrected chi connectivity index (χ1v) is 10.4. The van der Waals surface area contributed by atoms with Crippen LogP contribution in [0, 0.1) is 0 Å². The molecule has 0 bridgehead atoms. The molecule has 0 radical (unpaired) electrons. The monoisotopic (exact) mass is 427 g/mol. The van der Waals surface area contributed by atoms with E-state index in [2.05, 4.69) is 10.3 Å². The molecule has 6 heteroatoms. The van der Waals surface area contributed by atoms with E-state index in [9.17, 15) is 9.59 Å². The molecule has 0 unspecified atom stereocenters. The van der Waals surface area contributed by atoms with Crippen molar-refractivity contribution < 1.29 is 14.3 Å². The molecule has 2 amide bonds. The molecule has 1 atom stereocenters. The van der Waals surface area contributed by atoms with Crippen molar-refractivity contribution in [1.82, 2.24) is 9.88 Å². The third-order valence-electron chi connectivity index (χ3n) is 5.52. The predicted octanol–water partition coefficient (Wildman–Crippen LogP) is 4.56. The van der Waals surface area contributed by atoms with Crippen LogP contribution in [-0.4, -0.2) is 35.9 Å². The summed E-state index contributed by atoms with van der Waals surface area (Å²) >= 11 is 0. The number of aromatic nitrogens is 1. The Morgan fingerprint density at radius 3 is 2.38 bits per heavy atom. The lowest BCUT2D eigenvalue weighted by atomic mass is 10.0. The fourth-order valence-electron chi connectivity index (χ4n) is 3.78. The van der Waals surface area contributed by atoms with E-state index in [0.717, 1.165) is 22.0 Å². The van der Waals surface area contributed by atoms with Crippen LogP contribution >= 0.6 is 0 Å². The summed E-state index contributed by atoms with van der Waals surface area (Å²) in [6, 6.07) is 23.5. The van der Waals surface area contributed by atoms with Crippen LogP contribution < -0.4 is 10.1 Å². The van der Waals surface area contributed by atoms with Crippen LogP contribution in [0.2, 0.25) is 0 Å². The summed E-state index contributed by atoms with van der Waals surface area (Å²) in [7, 11) is 3.26. The summed E-state index contributed by atoms with van der Waals surface area (Å²) in [6.45, 7) is 0. The topological polar surface area (TPSA) is 74.4 Å². The van der Waals surface area contributed by atoms with E-state index in [-0.39, 0.29) is 18.2 Å². The van der Waals surface area contributed by atoms with E-state index in [1.54, 1.807) is 38.4 Å². The zero-order chi connectivity index (χ0) is 22.5. The molecule has 0 saturated heterocycles. The van der Waals surface area contributed by atoms with Crippen LogP contribution in [0.15, 0.2) is 85.1 Å². The number of amides is 2. The molecule has 162 valence electrons. The van der Waals surface area contributed by atoms with Crippen molar-refractivity contribution in [1.29, 1.82) is 0 Å². The number of aromatic amines is 1. The Morgan fingerprint density at radius 1 is 0.969 bits per heavy atom. The second kappa shape index (κ2) is 9.39. The Hall–Kier alpha value is -4.06. The maximum Gasteiger partial charge on any atom is 0.251 e. The minimum atomic E-state index is -0.768. The van der Waals surface area contributed by atoms with E-state index < -0.39 is 6.04 Å². The molecule has 2 N–H and O–H groups in total. The van der Waals surface area contributed by atoms with Crippen molar-refractivity contribution in [2.24, 2.45) is 0 Å². The van der Waals surface area contributed by atoms with E-state index >= 15 is 0 Å². The molecule has 0 aliphatic carbocycles. The number of anilines is 1. The Morgan fingerprint density at radius 2 is 1.66 bits per heavy atom. The van der Waals surface area contributed by atoms with Crippen LogP contribution in [0.1, 0.15) is 17.2 Å². The number of carbonyl (C=O) groups excluding carboxylic acids is 2. The molecule has 0 fully saturated rings. The highest BCUT2D eigenvalue weighted by Gasteiger charge is 2.29. The predicted molar refractivity (Wildman–Crippen MR) is 126 cm³/mol. The van der Waals surface area contributed by atoms with Crippen LogP contribution in [0.4, 0.5) is 5.69 Å². The highest BCUT2D eigenvalue weighted by Crippen LogP contribution is 2.25.